The average molecular weight is 516 g/mol. The van der Waals surface area contributed by atoms with Crippen molar-refractivity contribution in [2.45, 2.75) is 24.3 Å². The zero-order valence-corrected chi connectivity index (χ0v) is 21.1. The van der Waals surface area contributed by atoms with Gasteiger partial charge in [-0.3, -0.25) is 4.79 Å². The SMILES string of the molecule is COc1ccc(C2(C(=O)N3CCN(c4ccc(Cl)cc4Cl)C(c4ccc(Cl)cc4)C3)CC2)cc1. The van der Waals surface area contributed by atoms with Crippen molar-refractivity contribution in [3.63, 3.8) is 0 Å². The molecule has 1 aliphatic heterocycles. The van der Waals surface area contributed by atoms with Crippen molar-refractivity contribution in [2.24, 2.45) is 0 Å². The lowest BCUT2D eigenvalue weighted by atomic mass is 9.92. The van der Waals surface area contributed by atoms with E-state index in [0.717, 1.165) is 35.4 Å². The van der Waals surface area contributed by atoms with E-state index >= 15 is 0 Å². The minimum absolute atomic E-state index is 0.0553. The summed E-state index contributed by atoms with van der Waals surface area (Å²) in [6.07, 6.45) is 1.74. The molecule has 3 aromatic carbocycles. The van der Waals surface area contributed by atoms with Gasteiger partial charge in [0.2, 0.25) is 5.91 Å². The molecule has 5 rings (SSSR count). The number of carbonyl (C=O) groups excluding carboxylic acids is 1. The fraction of sp³-hybridized carbons (Fsp3) is 0.296. The Bertz CT molecular complexity index is 1190. The Hall–Kier alpha value is -2.40. The minimum Gasteiger partial charge on any atom is -0.497 e. The summed E-state index contributed by atoms with van der Waals surface area (Å²) in [5, 5.41) is 1.88. The van der Waals surface area contributed by atoms with Crippen LogP contribution >= 0.6 is 34.8 Å². The van der Waals surface area contributed by atoms with E-state index in [-0.39, 0.29) is 11.9 Å². The molecule has 1 heterocycles. The number of methoxy groups -OCH3 is 1. The molecule has 176 valence electrons. The van der Waals surface area contributed by atoms with Crippen molar-refractivity contribution < 1.29 is 9.53 Å². The first-order valence-corrected chi connectivity index (χ1v) is 12.5. The number of carbonyl (C=O) groups is 1. The molecule has 0 bridgehead atoms. The molecule has 2 fully saturated rings. The number of anilines is 1. The Balaban J connectivity index is 1.44. The van der Waals surface area contributed by atoms with Crippen molar-refractivity contribution in [2.75, 3.05) is 31.6 Å². The monoisotopic (exact) mass is 514 g/mol. The van der Waals surface area contributed by atoms with Gasteiger partial charge in [-0.05, 0) is 66.4 Å². The van der Waals surface area contributed by atoms with Gasteiger partial charge in [-0.15, -0.1) is 0 Å². The number of amides is 1. The highest BCUT2D eigenvalue weighted by atomic mass is 35.5. The maximum atomic E-state index is 13.8. The molecule has 1 unspecified atom stereocenters. The molecule has 1 amide bonds. The fourth-order valence-electron chi connectivity index (χ4n) is 4.90. The van der Waals surface area contributed by atoms with Crippen molar-refractivity contribution in [1.82, 2.24) is 4.90 Å². The highest BCUT2D eigenvalue weighted by molar-refractivity contribution is 6.36. The summed E-state index contributed by atoms with van der Waals surface area (Å²) in [6.45, 7) is 1.86. The van der Waals surface area contributed by atoms with E-state index in [1.165, 1.54) is 0 Å². The smallest absolute Gasteiger partial charge is 0.233 e. The third-order valence-corrected chi connectivity index (χ3v) is 7.73. The number of nitrogens with zero attached hydrogens (tertiary/aromatic N) is 2. The zero-order chi connectivity index (χ0) is 23.9. The molecule has 0 N–H and O–H groups in total. The fourth-order valence-corrected chi connectivity index (χ4v) is 5.55. The first-order valence-electron chi connectivity index (χ1n) is 11.3. The topological polar surface area (TPSA) is 32.8 Å². The van der Waals surface area contributed by atoms with Crippen LogP contribution in [-0.2, 0) is 10.2 Å². The van der Waals surface area contributed by atoms with Gasteiger partial charge in [0.1, 0.15) is 5.75 Å². The second kappa shape index (κ2) is 9.33. The van der Waals surface area contributed by atoms with E-state index in [1.807, 2.05) is 65.6 Å². The summed E-state index contributed by atoms with van der Waals surface area (Å²) in [4.78, 5) is 18.1. The van der Waals surface area contributed by atoms with Crippen LogP contribution in [0, 0.1) is 0 Å². The summed E-state index contributed by atoms with van der Waals surface area (Å²) in [5.41, 5.74) is 2.62. The van der Waals surface area contributed by atoms with Crippen LogP contribution in [0.4, 0.5) is 5.69 Å². The number of hydrogen-bond donors (Lipinski definition) is 0. The van der Waals surface area contributed by atoms with E-state index in [9.17, 15) is 4.79 Å². The van der Waals surface area contributed by atoms with E-state index in [2.05, 4.69) is 4.90 Å². The van der Waals surface area contributed by atoms with Crippen LogP contribution in [0.1, 0.15) is 30.0 Å². The van der Waals surface area contributed by atoms with Crippen molar-refractivity contribution in [3.05, 3.63) is 92.9 Å². The highest BCUT2D eigenvalue weighted by Gasteiger charge is 2.53. The molecule has 34 heavy (non-hydrogen) atoms. The molecular formula is C27H25Cl3N2O2. The van der Waals surface area contributed by atoms with E-state index in [0.29, 0.717) is 34.7 Å². The lowest BCUT2D eigenvalue weighted by Gasteiger charge is -2.44. The lowest BCUT2D eigenvalue weighted by Crippen LogP contribution is -2.53. The van der Waals surface area contributed by atoms with Crippen molar-refractivity contribution >= 4 is 46.4 Å². The van der Waals surface area contributed by atoms with Gasteiger partial charge in [-0.1, -0.05) is 59.1 Å². The number of ether oxygens (including phenoxy) is 1. The molecule has 3 aromatic rings. The molecule has 2 aliphatic rings. The third-order valence-electron chi connectivity index (χ3n) is 6.94. The summed E-state index contributed by atoms with van der Waals surface area (Å²) in [5.74, 6) is 0.988. The van der Waals surface area contributed by atoms with Crippen LogP contribution < -0.4 is 9.64 Å². The Morgan fingerprint density at radius 2 is 1.59 bits per heavy atom. The minimum atomic E-state index is -0.434. The number of hydrogen-bond acceptors (Lipinski definition) is 3. The summed E-state index contributed by atoms with van der Waals surface area (Å²) >= 11 is 18.9. The number of rotatable bonds is 5. The number of benzene rings is 3. The number of halogens is 3. The summed E-state index contributed by atoms with van der Waals surface area (Å²) in [6, 6.07) is 21.2. The maximum Gasteiger partial charge on any atom is 0.233 e. The molecule has 0 radical (unpaired) electrons. The van der Waals surface area contributed by atoms with Crippen LogP contribution in [0.5, 0.6) is 5.75 Å². The molecule has 0 aromatic heterocycles. The molecule has 1 saturated carbocycles. The standard InChI is InChI=1S/C27H25Cl3N2O2/c1-34-22-9-4-19(5-10-22)27(12-13-27)26(33)31-14-15-32(24-11-8-21(29)16-23(24)30)25(17-31)18-2-6-20(28)7-3-18/h2-11,16,25H,12-15,17H2,1H3. The molecular weight excluding hydrogens is 491 g/mol. The Kier molecular flexibility index (Phi) is 6.41. The average Bonchev–Trinajstić information content (AvgIpc) is 3.66. The van der Waals surface area contributed by atoms with Crippen LogP contribution in [0.25, 0.3) is 0 Å². The molecule has 0 spiro atoms. The quantitative estimate of drug-likeness (QED) is 0.376. The Labute approximate surface area is 215 Å². The van der Waals surface area contributed by atoms with Crippen LogP contribution in [-0.4, -0.2) is 37.6 Å². The van der Waals surface area contributed by atoms with Gasteiger partial charge >= 0.3 is 0 Å². The van der Waals surface area contributed by atoms with E-state index in [4.69, 9.17) is 39.5 Å². The van der Waals surface area contributed by atoms with Crippen molar-refractivity contribution in [3.8, 4) is 5.75 Å². The van der Waals surface area contributed by atoms with E-state index in [1.54, 1.807) is 13.2 Å². The molecule has 7 heteroatoms. The second-order valence-electron chi connectivity index (χ2n) is 8.92. The molecule has 1 atom stereocenters. The third kappa shape index (κ3) is 4.35. The first kappa shape index (κ1) is 23.3. The largest absolute Gasteiger partial charge is 0.497 e. The molecule has 4 nitrogen and oxygen atoms in total. The first-order chi connectivity index (χ1) is 16.4. The molecule has 1 aliphatic carbocycles. The van der Waals surface area contributed by atoms with Gasteiger partial charge in [0.25, 0.3) is 0 Å². The Morgan fingerprint density at radius 1 is 0.912 bits per heavy atom. The lowest BCUT2D eigenvalue weighted by molar-refractivity contribution is -0.134. The predicted molar refractivity (Wildman–Crippen MR) is 138 cm³/mol. The summed E-state index contributed by atoms with van der Waals surface area (Å²) < 4.78 is 5.29. The highest BCUT2D eigenvalue weighted by Crippen LogP contribution is 2.50. The van der Waals surface area contributed by atoms with Crippen LogP contribution in [0.2, 0.25) is 15.1 Å². The van der Waals surface area contributed by atoms with Gasteiger partial charge in [-0.25, -0.2) is 0 Å². The second-order valence-corrected chi connectivity index (χ2v) is 10.2. The summed E-state index contributed by atoms with van der Waals surface area (Å²) in [7, 11) is 1.65. The van der Waals surface area contributed by atoms with Crippen LogP contribution in [0.3, 0.4) is 0 Å². The van der Waals surface area contributed by atoms with E-state index < -0.39 is 5.41 Å². The van der Waals surface area contributed by atoms with Gasteiger partial charge in [0, 0.05) is 29.7 Å². The van der Waals surface area contributed by atoms with Crippen LogP contribution in [0.15, 0.2) is 66.7 Å². The predicted octanol–water partition coefficient (Wildman–Crippen LogP) is 6.78. The van der Waals surface area contributed by atoms with Gasteiger partial charge in [0.05, 0.1) is 29.3 Å². The zero-order valence-electron chi connectivity index (χ0n) is 18.8. The van der Waals surface area contributed by atoms with Gasteiger partial charge < -0.3 is 14.5 Å². The van der Waals surface area contributed by atoms with Crippen molar-refractivity contribution in [1.29, 1.82) is 0 Å². The number of piperazine rings is 1. The van der Waals surface area contributed by atoms with Gasteiger partial charge in [-0.2, -0.15) is 0 Å². The Morgan fingerprint density at radius 3 is 2.21 bits per heavy atom. The normalized spacial score (nSPS) is 19.1. The molecule has 1 saturated heterocycles. The maximum absolute atomic E-state index is 13.8. The van der Waals surface area contributed by atoms with Gasteiger partial charge in [0.15, 0.2) is 0 Å².